The summed E-state index contributed by atoms with van der Waals surface area (Å²) in [6.07, 6.45) is 1.97. The van der Waals surface area contributed by atoms with Crippen molar-refractivity contribution in [1.82, 2.24) is 15.2 Å². The Morgan fingerprint density at radius 3 is 2.14 bits per heavy atom. The fourth-order valence-electron chi connectivity index (χ4n) is 9.84. The monoisotopic (exact) mass is 817 g/mol. The molecule has 13 nitrogen and oxygen atoms in total. The van der Waals surface area contributed by atoms with E-state index in [9.17, 15) is 29.5 Å². The summed E-state index contributed by atoms with van der Waals surface area (Å²) >= 11 is 6.25. The van der Waals surface area contributed by atoms with Crippen molar-refractivity contribution in [2.24, 2.45) is 16.7 Å². The van der Waals surface area contributed by atoms with E-state index in [1.807, 2.05) is 30.3 Å². The van der Waals surface area contributed by atoms with Gasteiger partial charge in [0.2, 0.25) is 0 Å². The van der Waals surface area contributed by atoms with Crippen LogP contribution >= 0.6 is 11.6 Å². The summed E-state index contributed by atoms with van der Waals surface area (Å²) < 4.78 is 6.38. The highest BCUT2D eigenvalue weighted by molar-refractivity contribution is 6.34. The van der Waals surface area contributed by atoms with Gasteiger partial charge in [-0.25, -0.2) is 4.90 Å². The summed E-state index contributed by atoms with van der Waals surface area (Å²) in [4.78, 5) is 62.5. The summed E-state index contributed by atoms with van der Waals surface area (Å²) in [5.41, 5.74) is 1.96. The van der Waals surface area contributed by atoms with Crippen LogP contribution in [-0.2, 0) is 0 Å². The molecular weight excluding hydrogens is 770 g/mol. The number of aromatic nitrogens is 1. The number of nitriles is 1. The molecule has 3 aromatic carbocycles. The molecule has 0 radical (unpaired) electrons. The number of ether oxygens (including phenoxy) is 1. The predicted octanol–water partition coefficient (Wildman–Crippen LogP) is 6.06. The fourth-order valence-corrected chi connectivity index (χ4v) is 10.1. The zero-order chi connectivity index (χ0) is 41.8. The molecule has 4 aromatic rings. The van der Waals surface area contributed by atoms with E-state index in [0.717, 1.165) is 74.9 Å². The largest absolute Gasteiger partial charge is 0.495 e. The van der Waals surface area contributed by atoms with E-state index in [2.05, 4.69) is 58.8 Å². The third kappa shape index (κ3) is 7.40. The minimum absolute atomic E-state index is 0.115. The Bertz CT molecular complexity index is 2390. The lowest BCUT2D eigenvalue weighted by atomic mass is 9.49. The van der Waals surface area contributed by atoms with Crippen LogP contribution in [0.2, 0.25) is 5.02 Å². The van der Waals surface area contributed by atoms with Crippen LogP contribution in [0.15, 0.2) is 77.6 Å². The Morgan fingerprint density at radius 2 is 1.49 bits per heavy atom. The second kappa shape index (κ2) is 15.4. The summed E-state index contributed by atoms with van der Waals surface area (Å²) in [6, 6.07) is 22.7. The number of anilines is 3. The lowest BCUT2D eigenvalue weighted by molar-refractivity contribution is -0.164. The summed E-state index contributed by atoms with van der Waals surface area (Å²) in [6.45, 7) is 14.6. The van der Waals surface area contributed by atoms with Gasteiger partial charge < -0.3 is 25.0 Å². The number of carbonyl (C=O) groups excluding carboxylic acids is 3. The number of rotatable bonds is 9. The molecule has 0 spiro atoms. The van der Waals surface area contributed by atoms with E-state index in [1.165, 1.54) is 12.1 Å². The number of aromatic amines is 1. The van der Waals surface area contributed by atoms with E-state index in [-0.39, 0.29) is 51.6 Å². The van der Waals surface area contributed by atoms with Crippen molar-refractivity contribution in [3.63, 3.8) is 0 Å². The Hall–Kier alpha value is -5.84. The average Bonchev–Trinajstić information content (AvgIpc) is 3.47. The normalized spacial score (nSPS) is 21.5. The zero-order valence-corrected chi connectivity index (χ0v) is 34.4. The highest BCUT2D eigenvalue weighted by Crippen LogP contribution is 2.55. The van der Waals surface area contributed by atoms with Crippen LogP contribution in [0.4, 0.5) is 17.1 Å². The van der Waals surface area contributed by atoms with E-state index in [0.29, 0.717) is 27.8 Å². The maximum atomic E-state index is 13.5. The minimum Gasteiger partial charge on any atom is -0.495 e. The van der Waals surface area contributed by atoms with E-state index >= 15 is 0 Å². The van der Waals surface area contributed by atoms with Crippen molar-refractivity contribution in [3.8, 4) is 17.7 Å². The van der Waals surface area contributed by atoms with E-state index in [1.54, 1.807) is 30.3 Å². The molecule has 14 heteroatoms. The maximum absolute atomic E-state index is 13.5. The maximum Gasteiger partial charge on any atom is 0.275 e. The summed E-state index contributed by atoms with van der Waals surface area (Å²) in [5, 5.41) is 22.4. The van der Waals surface area contributed by atoms with E-state index < -0.39 is 17.4 Å². The van der Waals surface area contributed by atoms with Gasteiger partial charge in [0.1, 0.15) is 23.6 Å². The Morgan fingerprint density at radius 1 is 0.847 bits per heavy atom. The quantitative estimate of drug-likeness (QED) is 0.170. The molecule has 59 heavy (non-hydrogen) atoms. The molecule has 0 bridgehead atoms. The number of pyridine rings is 1. The molecule has 4 aliphatic rings. The van der Waals surface area contributed by atoms with Crippen molar-refractivity contribution in [3.05, 3.63) is 110 Å². The number of fused-ring (bicyclic) bond motifs is 1. The van der Waals surface area contributed by atoms with Gasteiger partial charge in [-0.3, -0.25) is 29.1 Å². The first-order valence-electron chi connectivity index (χ1n) is 20.1. The van der Waals surface area contributed by atoms with Crippen molar-refractivity contribution in [1.29, 1.82) is 5.26 Å². The van der Waals surface area contributed by atoms with Gasteiger partial charge in [-0.2, -0.15) is 5.26 Å². The summed E-state index contributed by atoms with van der Waals surface area (Å²) in [5.74, 6) is -0.396. The average molecular weight is 818 g/mol. The molecule has 1 aromatic heterocycles. The number of imide groups is 1. The van der Waals surface area contributed by atoms with Gasteiger partial charge in [-0.15, -0.1) is 0 Å². The van der Waals surface area contributed by atoms with Gasteiger partial charge in [-0.05, 0) is 79.4 Å². The smallest absolute Gasteiger partial charge is 0.275 e. The number of nitrogens with one attached hydrogen (secondary N) is 2. The van der Waals surface area contributed by atoms with Crippen LogP contribution in [0.3, 0.4) is 0 Å². The first kappa shape index (κ1) is 40.0. The molecule has 0 unspecified atom stereocenters. The molecule has 1 saturated carbocycles. The van der Waals surface area contributed by atoms with Crippen LogP contribution in [-0.4, -0.2) is 90.7 Å². The molecule has 4 heterocycles. The van der Waals surface area contributed by atoms with Crippen LogP contribution in [0.25, 0.3) is 0 Å². The Balaban J connectivity index is 0.797. The number of piperidine rings is 1. The minimum atomic E-state index is -0.716. The molecule has 8 rings (SSSR count). The predicted molar refractivity (Wildman–Crippen MR) is 226 cm³/mol. The van der Waals surface area contributed by atoms with Gasteiger partial charge in [-0.1, -0.05) is 39.3 Å². The molecule has 3 aliphatic heterocycles. The highest BCUT2D eigenvalue weighted by atomic mass is 35.5. The topological polar surface area (TPSA) is 162 Å². The van der Waals surface area contributed by atoms with Gasteiger partial charge in [0, 0.05) is 91.8 Å². The lowest BCUT2D eigenvalue weighted by Crippen LogP contribution is -2.74. The van der Waals surface area contributed by atoms with Gasteiger partial charge in [0.25, 0.3) is 23.3 Å². The number of hydrogen-bond donors (Lipinski definition) is 3. The molecule has 306 valence electrons. The highest BCUT2D eigenvalue weighted by Gasteiger charge is 2.64. The lowest BCUT2D eigenvalue weighted by Gasteiger charge is -2.63. The van der Waals surface area contributed by atoms with Gasteiger partial charge >= 0.3 is 0 Å². The van der Waals surface area contributed by atoms with Crippen molar-refractivity contribution in [2.45, 2.75) is 52.7 Å². The first-order valence-corrected chi connectivity index (χ1v) is 20.5. The number of amides is 3. The van der Waals surface area contributed by atoms with Crippen molar-refractivity contribution in [2.75, 3.05) is 60.5 Å². The third-order valence-electron chi connectivity index (χ3n) is 12.8. The molecule has 3 N–H and O–H groups in total. The number of carbonyl (C=O) groups is 3. The fraction of sp³-hybridized carbons (Fsp3) is 0.400. The summed E-state index contributed by atoms with van der Waals surface area (Å²) in [7, 11) is 0. The van der Waals surface area contributed by atoms with Crippen LogP contribution in [0.5, 0.6) is 11.6 Å². The van der Waals surface area contributed by atoms with E-state index in [4.69, 9.17) is 16.3 Å². The van der Waals surface area contributed by atoms with Crippen molar-refractivity contribution >= 4 is 46.4 Å². The molecule has 3 amide bonds. The molecule has 0 atom stereocenters. The second-order valence-corrected chi connectivity index (χ2v) is 17.7. The Kier molecular flexibility index (Phi) is 10.4. The zero-order valence-electron chi connectivity index (χ0n) is 33.6. The van der Waals surface area contributed by atoms with Crippen LogP contribution in [0.1, 0.15) is 77.2 Å². The SMILES string of the molecule is CC1(C)[C@H](NC(=O)c2ccc(N3CCC(CN4CCN(c5ccc6c(c5)C(=O)N(c5ccc(O)[nH]c5=O)C6=O)CC4)CC3)cc2)C(C)(C)[C@H]1Oc1ccc(C#N)c(Cl)c1. The van der Waals surface area contributed by atoms with Crippen LogP contribution < -0.4 is 30.3 Å². The number of hydrogen-bond acceptors (Lipinski definition) is 10. The molecule has 2 saturated heterocycles. The standard InChI is InChI=1S/C45H48ClN7O6/c1-44(2)42(45(3,4)43(44)59-32-11-7-29(25-47)35(46)24-32)49-38(55)28-5-8-30(9-6-28)51-17-15-27(16-18-51)26-50-19-21-52(22-20-50)31-10-12-33-34(23-31)41(58)53(40(33)57)36-13-14-37(54)48-39(36)56/h5-14,23-24,27,42-43H,15-22,26H2,1-4H3,(H,49,55)(H2,48,54,56)/t42-,43-. The number of H-pyrrole nitrogens is 1. The van der Waals surface area contributed by atoms with Gasteiger partial charge in [0.15, 0.2) is 5.88 Å². The van der Waals surface area contributed by atoms with Crippen molar-refractivity contribution < 1.29 is 24.2 Å². The number of piperazine rings is 1. The van der Waals surface area contributed by atoms with Gasteiger partial charge in [0.05, 0.1) is 21.7 Å². The molecular formula is C45H48ClN7O6. The number of aromatic hydroxyl groups is 1. The second-order valence-electron chi connectivity index (χ2n) is 17.3. The van der Waals surface area contributed by atoms with Crippen LogP contribution in [0, 0.1) is 28.1 Å². The first-order chi connectivity index (χ1) is 28.1. The third-order valence-corrected chi connectivity index (χ3v) is 13.1. The molecule has 3 fully saturated rings. The number of benzene rings is 3. The number of halogens is 1. The Labute approximate surface area is 348 Å². The molecule has 1 aliphatic carbocycles. The number of nitrogens with zero attached hydrogens (tertiary/aromatic N) is 5.